The van der Waals surface area contributed by atoms with E-state index in [4.69, 9.17) is 0 Å². The molecule has 2 aromatic carbocycles. The Morgan fingerprint density at radius 2 is 1.04 bits per heavy atom. The van der Waals surface area contributed by atoms with Crippen molar-refractivity contribution < 1.29 is 0 Å². The van der Waals surface area contributed by atoms with Crippen molar-refractivity contribution in [1.82, 2.24) is 4.98 Å². The van der Waals surface area contributed by atoms with Gasteiger partial charge in [-0.15, -0.1) is 0 Å². The number of benzene rings is 2. The predicted octanol–water partition coefficient (Wildman–Crippen LogP) is 4.72. The SMILES string of the molecule is O=c1cc(/C=C/c2ccccc2)[nH]c(/C=C/c2ccccc2)c1. The van der Waals surface area contributed by atoms with Gasteiger partial charge >= 0.3 is 0 Å². The molecule has 0 radical (unpaired) electrons. The molecule has 0 saturated heterocycles. The van der Waals surface area contributed by atoms with Gasteiger partial charge in [0.25, 0.3) is 0 Å². The smallest absolute Gasteiger partial charge is 0.182 e. The fourth-order valence-electron chi connectivity index (χ4n) is 2.27. The molecule has 1 heterocycles. The summed E-state index contributed by atoms with van der Waals surface area (Å²) < 4.78 is 0. The Hall–Kier alpha value is -3.13. The highest BCUT2D eigenvalue weighted by molar-refractivity contribution is 5.71. The number of hydrogen-bond acceptors (Lipinski definition) is 1. The zero-order valence-electron chi connectivity index (χ0n) is 12.6. The molecular formula is C21H17NO. The molecule has 0 fully saturated rings. The number of rotatable bonds is 4. The second kappa shape index (κ2) is 7.23. The molecule has 0 unspecified atom stereocenters. The lowest BCUT2D eigenvalue weighted by Gasteiger charge is -1.99. The van der Waals surface area contributed by atoms with E-state index in [1.165, 1.54) is 0 Å². The van der Waals surface area contributed by atoms with Gasteiger partial charge in [0, 0.05) is 23.5 Å². The monoisotopic (exact) mass is 299 g/mol. The van der Waals surface area contributed by atoms with Crippen molar-refractivity contribution in [3.63, 3.8) is 0 Å². The maximum absolute atomic E-state index is 11.8. The molecule has 23 heavy (non-hydrogen) atoms. The van der Waals surface area contributed by atoms with Crippen LogP contribution in [0.3, 0.4) is 0 Å². The first-order valence-electron chi connectivity index (χ1n) is 7.50. The number of hydrogen-bond donors (Lipinski definition) is 1. The van der Waals surface area contributed by atoms with E-state index in [9.17, 15) is 4.79 Å². The first kappa shape index (κ1) is 14.8. The second-order valence-corrected chi connectivity index (χ2v) is 5.21. The van der Waals surface area contributed by atoms with E-state index in [0.717, 1.165) is 22.5 Å². The molecule has 0 aliphatic rings. The molecule has 0 atom stereocenters. The third kappa shape index (κ3) is 4.42. The first-order chi connectivity index (χ1) is 11.3. The number of nitrogens with one attached hydrogen (secondary N) is 1. The van der Waals surface area contributed by atoms with E-state index in [-0.39, 0.29) is 5.43 Å². The van der Waals surface area contributed by atoms with Crippen LogP contribution in [0.2, 0.25) is 0 Å². The van der Waals surface area contributed by atoms with E-state index in [1.807, 2.05) is 85.0 Å². The molecule has 2 heteroatoms. The first-order valence-corrected chi connectivity index (χ1v) is 7.50. The maximum Gasteiger partial charge on any atom is 0.182 e. The molecule has 112 valence electrons. The molecule has 0 spiro atoms. The van der Waals surface area contributed by atoms with Crippen LogP contribution in [0, 0.1) is 0 Å². The quantitative estimate of drug-likeness (QED) is 0.743. The number of aromatic amines is 1. The zero-order chi connectivity index (χ0) is 15.9. The second-order valence-electron chi connectivity index (χ2n) is 5.21. The van der Waals surface area contributed by atoms with Crippen molar-refractivity contribution in [3.8, 4) is 0 Å². The Morgan fingerprint density at radius 3 is 1.48 bits per heavy atom. The third-order valence-electron chi connectivity index (χ3n) is 3.39. The van der Waals surface area contributed by atoms with E-state index < -0.39 is 0 Å². The van der Waals surface area contributed by atoms with E-state index >= 15 is 0 Å². The van der Waals surface area contributed by atoms with Gasteiger partial charge in [0.1, 0.15) is 0 Å². The summed E-state index contributed by atoms with van der Waals surface area (Å²) in [6, 6.07) is 23.2. The molecule has 0 amide bonds. The normalized spacial score (nSPS) is 11.3. The summed E-state index contributed by atoms with van der Waals surface area (Å²) in [7, 11) is 0. The molecule has 0 aliphatic carbocycles. The van der Waals surface area contributed by atoms with Gasteiger partial charge in [0.2, 0.25) is 0 Å². The van der Waals surface area contributed by atoms with Crippen LogP contribution < -0.4 is 5.43 Å². The summed E-state index contributed by atoms with van der Waals surface area (Å²) in [5.41, 5.74) is 3.75. The lowest BCUT2D eigenvalue weighted by molar-refractivity contribution is 1.25. The van der Waals surface area contributed by atoms with Gasteiger partial charge in [-0.05, 0) is 23.3 Å². The van der Waals surface area contributed by atoms with Crippen molar-refractivity contribution in [2.75, 3.05) is 0 Å². The Morgan fingerprint density at radius 1 is 0.609 bits per heavy atom. The molecule has 3 rings (SSSR count). The van der Waals surface area contributed by atoms with Crippen molar-refractivity contribution >= 4 is 24.3 Å². The molecule has 0 bridgehead atoms. The summed E-state index contributed by atoms with van der Waals surface area (Å²) in [5.74, 6) is 0. The largest absolute Gasteiger partial charge is 0.355 e. The summed E-state index contributed by atoms with van der Waals surface area (Å²) in [5, 5.41) is 0. The van der Waals surface area contributed by atoms with Gasteiger partial charge < -0.3 is 4.98 Å². The molecule has 3 aromatic rings. The average Bonchev–Trinajstić information content (AvgIpc) is 2.60. The van der Waals surface area contributed by atoms with Gasteiger partial charge in [-0.1, -0.05) is 72.8 Å². The lowest BCUT2D eigenvalue weighted by atomic mass is 10.1. The minimum Gasteiger partial charge on any atom is -0.355 e. The molecule has 1 N–H and O–H groups in total. The van der Waals surface area contributed by atoms with Crippen LogP contribution >= 0.6 is 0 Å². The summed E-state index contributed by atoms with van der Waals surface area (Å²) in [6.07, 6.45) is 7.79. The van der Waals surface area contributed by atoms with Crippen LogP contribution in [0.5, 0.6) is 0 Å². The number of aromatic nitrogens is 1. The van der Waals surface area contributed by atoms with Crippen molar-refractivity contribution in [1.29, 1.82) is 0 Å². The lowest BCUT2D eigenvalue weighted by Crippen LogP contribution is -2.01. The van der Waals surface area contributed by atoms with Gasteiger partial charge in [-0.25, -0.2) is 0 Å². The highest BCUT2D eigenvalue weighted by Gasteiger charge is 1.95. The highest BCUT2D eigenvalue weighted by Crippen LogP contribution is 2.08. The van der Waals surface area contributed by atoms with Crippen LogP contribution in [0.15, 0.2) is 77.6 Å². The van der Waals surface area contributed by atoms with Crippen molar-refractivity contribution in [2.24, 2.45) is 0 Å². The zero-order valence-corrected chi connectivity index (χ0v) is 12.6. The van der Waals surface area contributed by atoms with Gasteiger partial charge in [-0.3, -0.25) is 4.79 Å². The van der Waals surface area contributed by atoms with Gasteiger partial charge in [-0.2, -0.15) is 0 Å². The maximum atomic E-state index is 11.8. The highest BCUT2D eigenvalue weighted by atomic mass is 16.1. The predicted molar refractivity (Wildman–Crippen MR) is 97.8 cm³/mol. The van der Waals surface area contributed by atoms with Crippen LogP contribution in [0.4, 0.5) is 0 Å². The van der Waals surface area contributed by atoms with E-state index in [0.29, 0.717) is 0 Å². The third-order valence-corrected chi connectivity index (χ3v) is 3.39. The van der Waals surface area contributed by atoms with Gasteiger partial charge in [0.05, 0.1) is 0 Å². The molecule has 0 saturated carbocycles. The molecule has 1 aromatic heterocycles. The van der Waals surface area contributed by atoms with Crippen LogP contribution in [0.25, 0.3) is 24.3 Å². The van der Waals surface area contributed by atoms with Crippen LogP contribution in [-0.2, 0) is 0 Å². The minimum absolute atomic E-state index is 0.0100. The Balaban J connectivity index is 1.83. The summed E-state index contributed by atoms with van der Waals surface area (Å²) in [4.78, 5) is 15.1. The van der Waals surface area contributed by atoms with E-state index in [1.54, 1.807) is 12.1 Å². The summed E-state index contributed by atoms with van der Waals surface area (Å²) in [6.45, 7) is 0. The van der Waals surface area contributed by atoms with Gasteiger partial charge in [0.15, 0.2) is 5.43 Å². The Labute approximate surface area is 135 Å². The fraction of sp³-hybridized carbons (Fsp3) is 0. The number of pyridine rings is 1. The average molecular weight is 299 g/mol. The molecular weight excluding hydrogens is 282 g/mol. The Bertz CT molecular complexity index is 804. The van der Waals surface area contributed by atoms with Crippen LogP contribution in [0.1, 0.15) is 22.5 Å². The topological polar surface area (TPSA) is 32.9 Å². The van der Waals surface area contributed by atoms with E-state index in [2.05, 4.69) is 4.98 Å². The van der Waals surface area contributed by atoms with Crippen LogP contribution in [-0.4, -0.2) is 4.98 Å². The van der Waals surface area contributed by atoms with Crippen molar-refractivity contribution in [3.05, 3.63) is 106 Å². The molecule has 0 aliphatic heterocycles. The number of H-pyrrole nitrogens is 1. The fourth-order valence-corrected chi connectivity index (χ4v) is 2.27. The molecule has 2 nitrogen and oxygen atoms in total. The minimum atomic E-state index is -0.0100. The Kier molecular flexibility index (Phi) is 4.65. The standard InChI is InChI=1S/C21H17NO/c23-21-15-19(13-11-17-7-3-1-4-8-17)22-20(16-21)14-12-18-9-5-2-6-10-18/h1-16H,(H,22,23)/b13-11+,14-12+. The summed E-state index contributed by atoms with van der Waals surface area (Å²) >= 11 is 0. The van der Waals surface area contributed by atoms with Crippen molar-refractivity contribution in [2.45, 2.75) is 0 Å².